The highest BCUT2D eigenvalue weighted by molar-refractivity contribution is 14.1. The molecule has 0 amide bonds. The fourth-order valence-electron chi connectivity index (χ4n) is 1.43. The van der Waals surface area contributed by atoms with Gasteiger partial charge in [-0.15, -0.1) is 0 Å². The van der Waals surface area contributed by atoms with Crippen LogP contribution in [0.4, 0.5) is 0 Å². The Hall–Kier alpha value is 0.200. The van der Waals surface area contributed by atoms with Gasteiger partial charge in [0.15, 0.2) is 0 Å². The van der Waals surface area contributed by atoms with Crippen molar-refractivity contribution in [2.75, 3.05) is 14.2 Å². The van der Waals surface area contributed by atoms with Crippen LogP contribution in [0.2, 0.25) is 0 Å². The van der Waals surface area contributed by atoms with Gasteiger partial charge in [0.05, 0.1) is 17.8 Å². The van der Waals surface area contributed by atoms with Gasteiger partial charge in [-0.05, 0) is 53.6 Å². The Morgan fingerprint density at radius 1 is 1.41 bits per heavy atom. The number of benzene rings is 1. The average molecular weight is 466 g/mol. The number of halogens is 2. The van der Waals surface area contributed by atoms with E-state index < -0.39 is 0 Å². The van der Waals surface area contributed by atoms with Crippen LogP contribution in [0.15, 0.2) is 12.1 Å². The second kappa shape index (κ2) is 9.17. The van der Waals surface area contributed by atoms with Crippen LogP contribution in [0.3, 0.4) is 0 Å². The zero-order valence-electron chi connectivity index (χ0n) is 11.0. The van der Waals surface area contributed by atoms with Crippen molar-refractivity contribution in [3.8, 4) is 11.5 Å². The van der Waals surface area contributed by atoms with Gasteiger partial charge in [-0.2, -0.15) is 0 Å². The van der Waals surface area contributed by atoms with Crippen LogP contribution >= 0.6 is 45.6 Å². The molecule has 1 aromatic carbocycles. The van der Waals surface area contributed by atoms with E-state index in [4.69, 9.17) is 16.6 Å². The van der Waals surface area contributed by atoms with E-state index in [9.17, 15) is 0 Å². The highest BCUT2D eigenvalue weighted by Gasteiger charge is 2.10. The largest absolute Gasteiger partial charge is 0.496 e. The maximum atomic E-state index is 5.78. The zero-order valence-corrected chi connectivity index (χ0v) is 14.3. The summed E-state index contributed by atoms with van der Waals surface area (Å²) >= 11 is 3.68. The van der Waals surface area contributed by atoms with E-state index in [1.54, 1.807) is 14.2 Å². The molecule has 0 heterocycles. The molecule has 0 aliphatic rings. The molecule has 1 rings (SSSR count). The molecule has 4 nitrogen and oxygen atoms in total. The summed E-state index contributed by atoms with van der Waals surface area (Å²) in [7, 11) is 3.34. The summed E-state index contributed by atoms with van der Waals surface area (Å²) in [6.07, 6.45) is 0.788. The van der Waals surface area contributed by atoms with Crippen molar-refractivity contribution in [2.24, 2.45) is 5.73 Å². The summed E-state index contributed by atoms with van der Waals surface area (Å²) in [5.41, 5.74) is 6.87. The summed E-state index contributed by atoms with van der Waals surface area (Å²) in [6.45, 7) is 1.98. The normalized spacial score (nSPS) is 12.0. The van der Waals surface area contributed by atoms with Gasteiger partial charge in [-0.3, -0.25) is 0 Å². The van der Waals surface area contributed by atoms with E-state index in [1.807, 2.05) is 19.1 Å². The molecule has 0 radical (unpaired) electrons. The predicted octanol–water partition coefficient (Wildman–Crippen LogP) is 2.53. The minimum Gasteiger partial charge on any atom is -0.496 e. The lowest BCUT2D eigenvalue weighted by molar-refractivity contribution is 0.395. The third-order valence-corrected chi connectivity index (χ3v) is 2.94. The third kappa shape index (κ3) is 5.58. The van der Waals surface area contributed by atoms with Crippen molar-refractivity contribution in [3.05, 3.63) is 21.3 Å². The van der Waals surface area contributed by atoms with E-state index >= 15 is 0 Å². The highest BCUT2D eigenvalue weighted by Crippen LogP contribution is 2.30. The van der Waals surface area contributed by atoms with E-state index in [-0.39, 0.29) is 6.04 Å². The molecular formula is C11H17I2NO3. The van der Waals surface area contributed by atoms with Gasteiger partial charge in [0, 0.05) is 6.04 Å². The molecule has 6 heteroatoms. The van der Waals surface area contributed by atoms with Crippen molar-refractivity contribution >= 4 is 45.6 Å². The molecule has 1 unspecified atom stereocenters. The molecule has 0 saturated carbocycles. The van der Waals surface area contributed by atoms with E-state index in [1.165, 1.54) is 23.0 Å². The molecule has 1 atom stereocenters. The lowest BCUT2D eigenvalue weighted by atomic mass is 10.1. The first-order chi connectivity index (χ1) is 8.49. The second-order valence-electron chi connectivity index (χ2n) is 3.48. The maximum Gasteiger partial charge on any atom is 0.225 e. The third-order valence-electron chi connectivity index (χ3n) is 2.10. The molecule has 0 aliphatic heterocycles. The Labute approximate surface area is 131 Å². The van der Waals surface area contributed by atoms with E-state index in [2.05, 4.69) is 26.0 Å². The number of nitrogens with two attached hydrogens (primary N) is 1. The van der Waals surface area contributed by atoms with Crippen molar-refractivity contribution < 1.29 is 12.9 Å². The van der Waals surface area contributed by atoms with Crippen LogP contribution in [-0.2, 0) is 6.42 Å². The van der Waals surface area contributed by atoms with Crippen LogP contribution < -0.4 is 15.2 Å². The summed E-state index contributed by atoms with van der Waals surface area (Å²) in [5.74, 6) is 1.74. The smallest absolute Gasteiger partial charge is 0.225 e. The Balaban J connectivity index is 0.000000873. The van der Waals surface area contributed by atoms with E-state index in [0.717, 1.165) is 27.1 Å². The van der Waals surface area contributed by atoms with Crippen LogP contribution in [0, 0.1) is 3.57 Å². The van der Waals surface area contributed by atoms with E-state index in [0.29, 0.717) is 0 Å². The fraction of sp³-hybridized carbons (Fsp3) is 0.455. The molecule has 0 bridgehead atoms. The Kier molecular flexibility index (Phi) is 8.23. The van der Waals surface area contributed by atoms with Gasteiger partial charge in [0.2, 0.25) is 1.43 Å². The molecule has 0 spiro atoms. The van der Waals surface area contributed by atoms with Crippen molar-refractivity contribution in [3.63, 3.8) is 0 Å². The monoisotopic (exact) mass is 466 g/mol. The molecule has 0 aliphatic carbocycles. The molecule has 0 aromatic heterocycles. The first-order valence-corrected chi connectivity index (χ1v) is 6.85. The van der Waals surface area contributed by atoms with Gasteiger partial charge >= 0.3 is 0 Å². The number of hydrogen-bond donors (Lipinski definition) is 2. The summed E-state index contributed by atoms with van der Waals surface area (Å²) in [4.78, 5) is 0. The van der Waals surface area contributed by atoms with Gasteiger partial charge in [0.25, 0.3) is 0 Å². The zero-order chi connectivity index (χ0) is 14.1. The Bertz CT molecular complexity index is 364. The highest BCUT2D eigenvalue weighted by atomic mass is 127. The van der Waals surface area contributed by atoms with Gasteiger partial charge in [-0.25, -0.2) is 0 Å². The van der Waals surface area contributed by atoms with Crippen molar-refractivity contribution in [1.29, 1.82) is 1.43 Å². The fourth-order valence-corrected chi connectivity index (χ4v) is 2.09. The molecule has 0 saturated heterocycles. The maximum absolute atomic E-state index is 5.78. The Morgan fingerprint density at radius 2 is 1.94 bits per heavy atom. The first-order valence-electron chi connectivity index (χ1n) is 5.30. The van der Waals surface area contributed by atoms with Crippen molar-refractivity contribution in [2.45, 2.75) is 19.4 Å². The van der Waals surface area contributed by atoms with Gasteiger partial charge in [0.1, 0.15) is 34.5 Å². The lowest BCUT2D eigenvalue weighted by Crippen LogP contribution is -2.18. The standard InChI is InChI=1S/C11H16INO2.HIO/c1-7(13)4-8-5-11(15-3)9(12)6-10(8)14-2;1-2/h5-7H,4,13H2,1-3H3;2H/i;2D. The topological polar surface area (TPSA) is 64.7 Å². The molecule has 3 N–H and O–H groups in total. The lowest BCUT2D eigenvalue weighted by Gasteiger charge is -2.13. The first kappa shape index (κ1) is 15.3. The summed E-state index contributed by atoms with van der Waals surface area (Å²) < 4.78 is 20.8. The molecule has 1 aromatic rings. The average Bonchev–Trinajstić information content (AvgIpc) is 2.31. The summed E-state index contributed by atoms with van der Waals surface area (Å²) in [6, 6.07) is 4.07. The van der Waals surface area contributed by atoms with Gasteiger partial charge < -0.3 is 18.6 Å². The minimum absolute atomic E-state index is 0.115. The SMILES string of the molecule is COc1cc(CC(C)N)c(OC)cc1I.[2H]OI. The van der Waals surface area contributed by atoms with Gasteiger partial charge in [-0.1, -0.05) is 0 Å². The molecular weight excluding hydrogens is 448 g/mol. The quantitative estimate of drug-likeness (QED) is 0.671. The molecule has 98 valence electrons. The summed E-state index contributed by atoms with van der Waals surface area (Å²) in [5, 5.41) is 0. The number of rotatable bonds is 4. The number of methoxy groups -OCH3 is 2. The van der Waals surface area contributed by atoms with Crippen LogP contribution in [0.25, 0.3) is 0 Å². The molecule has 17 heavy (non-hydrogen) atoms. The molecule has 0 fully saturated rings. The predicted molar refractivity (Wildman–Crippen MR) is 85.9 cm³/mol. The van der Waals surface area contributed by atoms with Crippen LogP contribution in [0.5, 0.6) is 11.5 Å². The van der Waals surface area contributed by atoms with Crippen LogP contribution in [0.1, 0.15) is 12.5 Å². The van der Waals surface area contributed by atoms with Crippen LogP contribution in [-0.4, -0.2) is 25.1 Å². The Morgan fingerprint density at radius 3 is 2.35 bits per heavy atom. The number of hydrogen-bond acceptors (Lipinski definition) is 4. The minimum atomic E-state index is 0.115. The second-order valence-corrected chi connectivity index (χ2v) is 4.64. The van der Waals surface area contributed by atoms with Crippen molar-refractivity contribution in [1.82, 2.24) is 0 Å². The number of ether oxygens (including phenoxy) is 2.